The molecule has 1 fully saturated rings. The van der Waals surface area contributed by atoms with Gasteiger partial charge in [0.15, 0.2) is 0 Å². The van der Waals surface area contributed by atoms with E-state index in [0.29, 0.717) is 6.54 Å². The van der Waals surface area contributed by atoms with Crippen molar-refractivity contribution in [1.82, 2.24) is 10.6 Å². The Balaban J connectivity index is 1.90. The van der Waals surface area contributed by atoms with E-state index in [9.17, 15) is 19.5 Å². The van der Waals surface area contributed by atoms with E-state index in [0.717, 1.165) is 37.7 Å². The van der Waals surface area contributed by atoms with Gasteiger partial charge in [0.25, 0.3) is 0 Å². The smallest absolute Gasteiger partial charge is 0.408 e. The normalized spacial score (nSPS) is 16.7. The van der Waals surface area contributed by atoms with Crippen molar-refractivity contribution in [2.45, 2.75) is 65.0 Å². The number of ether oxygens (including phenoxy) is 1. The van der Waals surface area contributed by atoms with Crippen molar-refractivity contribution in [3.63, 3.8) is 0 Å². The van der Waals surface area contributed by atoms with Crippen LogP contribution in [0.4, 0.5) is 4.79 Å². The molecule has 1 aromatic rings. The fourth-order valence-corrected chi connectivity index (χ4v) is 3.85. The zero-order valence-electron chi connectivity index (χ0n) is 17.3. The van der Waals surface area contributed by atoms with E-state index in [4.69, 9.17) is 4.74 Å². The average Bonchev–Trinajstić information content (AvgIpc) is 2.69. The van der Waals surface area contributed by atoms with Crippen LogP contribution < -0.4 is 10.6 Å². The second-order valence-corrected chi connectivity index (χ2v) is 8.28. The van der Waals surface area contributed by atoms with E-state index in [1.165, 1.54) is 0 Å². The number of alkyl carbamates (subject to hydrolysis) is 1. The minimum absolute atomic E-state index is 0.0478. The first-order valence-corrected chi connectivity index (χ1v) is 10.3. The summed E-state index contributed by atoms with van der Waals surface area (Å²) in [4.78, 5) is 36.2. The van der Waals surface area contributed by atoms with E-state index in [1.807, 2.05) is 44.2 Å². The van der Waals surface area contributed by atoms with Gasteiger partial charge in [-0.2, -0.15) is 0 Å². The molecule has 7 heteroatoms. The summed E-state index contributed by atoms with van der Waals surface area (Å²) in [5, 5.41) is 14.8. The lowest BCUT2D eigenvalue weighted by Gasteiger charge is -2.36. The number of carboxylic acid groups (broad SMARTS) is 1. The van der Waals surface area contributed by atoms with E-state index >= 15 is 0 Å². The van der Waals surface area contributed by atoms with Crippen LogP contribution in [0.1, 0.15) is 57.9 Å². The van der Waals surface area contributed by atoms with Crippen LogP contribution in [0.5, 0.6) is 0 Å². The van der Waals surface area contributed by atoms with Crippen molar-refractivity contribution in [3.05, 3.63) is 35.9 Å². The first kappa shape index (κ1) is 22.7. The minimum atomic E-state index is -0.843. The van der Waals surface area contributed by atoms with Gasteiger partial charge in [-0.3, -0.25) is 9.59 Å². The lowest BCUT2D eigenvalue weighted by atomic mass is 9.71. The number of carbonyl (C=O) groups excluding carboxylic acids is 2. The van der Waals surface area contributed by atoms with Gasteiger partial charge in [-0.05, 0) is 29.7 Å². The number of aliphatic carboxylic acids is 1. The Bertz CT molecular complexity index is 684. The van der Waals surface area contributed by atoms with E-state index in [-0.39, 0.29) is 24.9 Å². The second-order valence-electron chi connectivity index (χ2n) is 8.28. The molecule has 0 aromatic heterocycles. The highest BCUT2D eigenvalue weighted by Crippen LogP contribution is 2.38. The molecule has 2 rings (SSSR count). The van der Waals surface area contributed by atoms with Gasteiger partial charge in [-0.25, -0.2) is 4.79 Å². The molecule has 0 saturated heterocycles. The quantitative estimate of drug-likeness (QED) is 0.584. The summed E-state index contributed by atoms with van der Waals surface area (Å²) >= 11 is 0. The maximum atomic E-state index is 12.7. The molecule has 1 aromatic carbocycles. The Morgan fingerprint density at radius 1 is 1.10 bits per heavy atom. The molecule has 0 radical (unpaired) electrons. The highest BCUT2D eigenvalue weighted by Gasteiger charge is 2.36. The van der Waals surface area contributed by atoms with Crippen molar-refractivity contribution in [1.29, 1.82) is 0 Å². The molecule has 0 bridgehead atoms. The number of amides is 2. The maximum absolute atomic E-state index is 12.7. The van der Waals surface area contributed by atoms with Gasteiger partial charge >= 0.3 is 12.1 Å². The monoisotopic (exact) mass is 404 g/mol. The number of hydrogen-bond acceptors (Lipinski definition) is 4. The Hall–Kier alpha value is -2.57. The SMILES string of the molecule is CC(C)[C@H](NC(=O)OCc1ccccc1)C(=O)NCC1(CC(=O)O)CCCCC1. The van der Waals surface area contributed by atoms with Crippen LogP contribution in [0, 0.1) is 11.3 Å². The van der Waals surface area contributed by atoms with Crippen LogP contribution in [0.15, 0.2) is 30.3 Å². The molecule has 1 atom stereocenters. The van der Waals surface area contributed by atoms with Crippen molar-refractivity contribution in [2.24, 2.45) is 11.3 Å². The molecular formula is C22H32N2O5. The molecule has 0 heterocycles. The highest BCUT2D eigenvalue weighted by atomic mass is 16.5. The molecule has 1 aliphatic carbocycles. The summed E-state index contributed by atoms with van der Waals surface area (Å²) < 4.78 is 5.22. The third-order valence-corrected chi connectivity index (χ3v) is 5.51. The lowest BCUT2D eigenvalue weighted by Crippen LogP contribution is -2.52. The van der Waals surface area contributed by atoms with Crippen LogP contribution in [0.3, 0.4) is 0 Å². The van der Waals surface area contributed by atoms with Crippen LogP contribution in [0.25, 0.3) is 0 Å². The number of carboxylic acids is 1. The summed E-state index contributed by atoms with van der Waals surface area (Å²) in [6, 6.07) is 8.56. The molecule has 2 amide bonds. The van der Waals surface area contributed by atoms with Crippen molar-refractivity contribution in [3.8, 4) is 0 Å². The number of benzene rings is 1. The summed E-state index contributed by atoms with van der Waals surface area (Å²) in [7, 11) is 0. The largest absolute Gasteiger partial charge is 0.481 e. The van der Waals surface area contributed by atoms with Gasteiger partial charge in [-0.15, -0.1) is 0 Å². The summed E-state index contributed by atoms with van der Waals surface area (Å²) in [5.74, 6) is -1.29. The molecule has 1 aliphatic rings. The number of carbonyl (C=O) groups is 3. The van der Waals surface area contributed by atoms with E-state index in [1.54, 1.807) is 0 Å². The first-order chi connectivity index (χ1) is 13.8. The van der Waals surface area contributed by atoms with Crippen LogP contribution >= 0.6 is 0 Å². The number of hydrogen-bond donors (Lipinski definition) is 3. The predicted octanol–water partition coefficient (Wildman–Crippen LogP) is 3.48. The Morgan fingerprint density at radius 2 is 1.76 bits per heavy atom. The summed E-state index contributed by atoms with van der Waals surface area (Å²) in [6.45, 7) is 4.12. The van der Waals surface area contributed by atoms with Gasteiger partial charge in [0.2, 0.25) is 5.91 Å². The Morgan fingerprint density at radius 3 is 2.34 bits per heavy atom. The average molecular weight is 405 g/mol. The van der Waals surface area contributed by atoms with E-state index < -0.39 is 23.5 Å². The highest BCUT2D eigenvalue weighted by molar-refractivity contribution is 5.86. The maximum Gasteiger partial charge on any atom is 0.408 e. The van der Waals surface area contributed by atoms with Crippen LogP contribution in [-0.2, 0) is 20.9 Å². The Labute approximate surface area is 172 Å². The summed E-state index contributed by atoms with van der Waals surface area (Å²) in [5.41, 5.74) is 0.454. The predicted molar refractivity (Wildman–Crippen MR) is 109 cm³/mol. The molecular weight excluding hydrogens is 372 g/mol. The van der Waals surface area contributed by atoms with Crippen molar-refractivity contribution in [2.75, 3.05) is 6.54 Å². The number of rotatable bonds is 9. The molecule has 0 unspecified atom stereocenters. The zero-order chi connectivity index (χ0) is 21.3. The van der Waals surface area contributed by atoms with Crippen molar-refractivity contribution >= 4 is 18.0 Å². The second kappa shape index (κ2) is 10.8. The fourth-order valence-electron chi connectivity index (χ4n) is 3.85. The van der Waals surface area contributed by atoms with Crippen molar-refractivity contribution < 1.29 is 24.2 Å². The standard InChI is InChI=1S/C22H32N2O5/c1-16(2)19(24-21(28)29-14-17-9-5-3-6-10-17)20(27)23-15-22(13-18(25)26)11-7-4-8-12-22/h3,5-6,9-10,16,19H,4,7-8,11-15H2,1-2H3,(H,23,27)(H,24,28)(H,25,26)/t19-/m0/s1. The minimum Gasteiger partial charge on any atom is -0.481 e. The van der Waals surface area contributed by atoms with Gasteiger partial charge in [0.05, 0.1) is 6.42 Å². The first-order valence-electron chi connectivity index (χ1n) is 10.3. The molecule has 3 N–H and O–H groups in total. The van der Waals surface area contributed by atoms with E-state index in [2.05, 4.69) is 10.6 Å². The summed E-state index contributed by atoms with van der Waals surface area (Å²) in [6.07, 6.45) is 4.02. The molecule has 0 aliphatic heterocycles. The molecule has 7 nitrogen and oxygen atoms in total. The third kappa shape index (κ3) is 7.40. The third-order valence-electron chi connectivity index (χ3n) is 5.51. The zero-order valence-corrected chi connectivity index (χ0v) is 17.3. The molecule has 1 saturated carbocycles. The Kier molecular flexibility index (Phi) is 8.49. The van der Waals surface area contributed by atoms with Gasteiger partial charge in [0.1, 0.15) is 12.6 Å². The lowest BCUT2D eigenvalue weighted by molar-refractivity contribution is -0.141. The topological polar surface area (TPSA) is 105 Å². The number of nitrogens with one attached hydrogen (secondary N) is 2. The van der Waals surface area contributed by atoms with Gasteiger partial charge < -0.3 is 20.5 Å². The van der Waals surface area contributed by atoms with Crippen LogP contribution in [0.2, 0.25) is 0 Å². The molecule has 160 valence electrons. The molecule has 29 heavy (non-hydrogen) atoms. The molecule has 0 spiro atoms. The fraction of sp³-hybridized carbons (Fsp3) is 0.591. The van der Waals surface area contributed by atoms with Gasteiger partial charge in [-0.1, -0.05) is 63.4 Å². The van der Waals surface area contributed by atoms with Gasteiger partial charge in [0, 0.05) is 6.54 Å². The van der Waals surface area contributed by atoms with Crippen LogP contribution in [-0.4, -0.2) is 35.7 Å².